The Morgan fingerprint density at radius 2 is 2.28 bits per heavy atom. The minimum Gasteiger partial charge on any atom is -0.384 e. The van der Waals surface area contributed by atoms with Gasteiger partial charge >= 0.3 is 0 Å². The normalized spacial score (nSPS) is 19.3. The Bertz CT molecular complexity index is 428. The van der Waals surface area contributed by atoms with Crippen molar-refractivity contribution < 1.29 is 13.5 Å². The quantitative estimate of drug-likeness (QED) is 0.893. The SMILES string of the molecule is CNc1nc(N2CCC(COC)C2)c(F)cc1F. The number of ether oxygens (including phenoxy) is 1. The van der Waals surface area contributed by atoms with Crippen molar-refractivity contribution in [1.82, 2.24) is 4.98 Å². The molecule has 1 unspecified atom stereocenters. The molecule has 0 spiro atoms. The summed E-state index contributed by atoms with van der Waals surface area (Å²) < 4.78 is 32.1. The van der Waals surface area contributed by atoms with E-state index in [0.717, 1.165) is 12.5 Å². The smallest absolute Gasteiger partial charge is 0.168 e. The van der Waals surface area contributed by atoms with Crippen LogP contribution < -0.4 is 10.2 Å². The molecule has 0 saturated carbocycles. The van der Waals surface area contributed by atoms with Crippen LogP contribution in [0.5, 0.6) is 0 Å². The Kier molecular flexibility index (Phi) is 3.96. The highest BCUT2D eigenvalue weighted by Crippen LogP contribution is 2.27. The standard InChI is InChI=1S/C12H17F2N3O/c1-15-11-9(13)5-10(14)12(16-11)17-4-3-8(6-17)7-18-2/h5,8H,3-4,6-7H2,1-2H3,(H,15,16). The molecule has 6 heteroatoms. The fraction of sp³-hybridized carbons (Fsp3) is 0.583. The monoisotopic (exact) mass is 257 g/mol. The molecule has 4 nitrogen and oxygen atoms in total. The minimum atomic E-state index is -0.675. The molecular weight excluding hydrogens is 240 g/mol. The highest BCUT2D eigenvalue weighted by atomic mass is 19.1. The molecule has 1 aromatic heterocycles. The summed E-state index contributed by atoms with van der Waals surface area (Å²) in [6.45, 7) is 2.05. The van der Waals surface area contributed by atoms with Crippen LogP contribution in [0, 0.1) is 17.6 Å². The van der Waals surface area contributed by atoms with Crippen molar-refractivity contribution in [3.8, 4) is 0 Å². The number of nitrogens with one attached hydrogen (secondary N) is 1. The molecule has 1 aliphatic rings. The maximum absolute atomic E-state index is 13.7. The average Bonchev–Trinajstić information content (AvgIpc) is 2.78. The second-order valence-electron chi connectivity index (χ2n) is 4.43. The highest BCUT2D eigenvalue weighted by Gasteiger charge is 2.26. The number of methoxy groups -OCH3 is 1. The number of nitrogens with zero attached hydrogens (tertiary/aromatic N) is 2. The molecule has 0 amide bonds. The van der Waals surface area contributed by atoms with E-state index in [4.69, 9.17) is 4.74 Å². The van der Waals surface area contributed by atoms with E-state index < -0.39 is 11.6 Å². The number of aromatic nitrogens is 1. The van der Waals surface area contributed by atoms with E-state index in [0.29, 0.717) is 25.6 Å². The molecule has 0 aliphatic carbocycles. The molecule has 1 N–H and O–H groups in total. The second-order valence-corrected chi connectivity index (χ2v) is 4.43. The fourth-order valence-corrected chi connectivity index (χ4v) is 2.25. The lowest BCUT2D eigenvalue weighted by Gasteiger charge is -2.19. The maximum atomic E-state index is 13.7. The summed E-state index contributed by atoms with van der Waals surface area (Å²) in [6.07, 6.45) is 0.932. The number of hydrogen-bond donors (Lipinski definition) is 1. The first-order valence-electron chi connectivity index (χ1n) is 5.93. The number of pyridine rings is 1. The Labute approximate surface area is 105 Å². The van der Waals surface area contributed by atoms with Gasteiger partial charge in [0.2, 0.25) is 0 Å². The first-order chi connectivity index (χ1) is 8.65. The average molecular weight is 257 g/mol. The van der Waals surface area contributed by atoms with E-state index in [9.17, 15) is 8.78 Å². The number of rotatable bonds is 4. The van der Waals surface area contributed by atoms with Gasteiger partial charge in [0, 0.05) is 39.2 Å². The summed E-state index contributed by atoms with van der Waals surface area (Å²) >= 11 is 0. The van der Waals surface area contributed by atoms with Crippen molar-refractivity contribution in [3.05, 3.63) is 17.7 Å². The maximum Gasteiger partial charge on any atom is 0.168 e. The van der Waals surface area contributed by atoms with Crippen molar-refractivity contribution in [2.75, 3.05) is 44.1 Å². The molecule has 2 heterocycles. The van der Waals surface area contributed by atoms with E-state index in [1.54, 1.807) is 14.2 Å². The number of anilines is 2. The molecule has 0 aromatic carbocycles. The first kappa shape index (κ1) is 13.0. The summed E-state index contributed by atoms with van der Waals surface area (Å²) in [5, 5.41) is 2.62. The van der Waals surface area contributed by atoms with E-state index in [-0.39, 0.29) is 11.6 Å². The lowest BCUT2D eigenvalue weighted by molar-refractivity contribution is 0.161. The summed E-state index contributed by atoms with van der Waals surface area (Å²) in [6, 6.07) is 0.873. The zero-order valence-electron chi connectivity index (χ0n) is 10.5. The molecule has 1 atom stereocenters. The molecule has 1 fully saturated rings. The van der Waals surface area contributed by atoms with Crippen LogP contribution >= 0.6 is 0 Å². The van der Waals surface area contributed by atoms with Crippen LogP contribution in [-0.4, -0.2) is 38.8 Å². The molecule has 1 aromatic rings. The predicted molar refractivity (Wildman–Crippen MR) is 65.9 cm³/mol. The van der Waals surface area contributed by atoms with Crippen molar-refractivity contribution in [3.63, 3.8) is 0 Å². The Morgan fingerprint density at radius 3 is 2.94 bits per heavy atom. The third-order valence-corrected chi connectivity index (χ3v) is 3.14. The number of halogens is 2. The zero-order chi connectivity index (χ0) is 13.1. The Balaban J connectivity index is 2.18. The topological polar surface area (TPSA) is 37.4 Å². The van der Waals surface area contributed by atoms with Crippen LogP contribution in [-0.2, 0) is 4.74 Å². The van der Waals surface area contributed by atoms with Crippen LogP contribution in [0.2, 0.25) is 0 Å². The van der Waals surface area contributed by atoms with Gasteiger partial charge in [0.05, 0.1) is 6.61 Å². The van der Waals surface area contributed by atoms with E-state index in [1.165, 1.54) is 0 Å². The summed E-state index contributed by atoms with van der Waals surface area (Å²) in [5.41, 5.74) is 0. The van der Waals surface area contributed by atoms with Gasteiger partial charge in [-0.15, -0.1) is 0 Å². The van der Waals surface area contributed by atoms with Crippen LogP contribution in [0.1, 0.15) is 6.42 Å². The largest absolute Gasteiger partial charge is 0.384 e. The van der Waals surface area contributed by atoms with Gasteiger partial charge in [-0.1, -0.05) is 0 Å². The minimum absolute atomic E-state index is 0.0709. The summed E-state index contributed by atoms with van der Waals surface area (Å²) in [5.74, 6) is -0.642. The molecular formula is C12H17F2N3O. The second kappa shape index (κ2) is 5.48. The number of hydrogen-bond acceptors (Lipinski definition) is 4. The first-order valence-corrected chi connectivity index (χ1v) is 5.93. The van der Waals surface area contributed by atoms with E-state index in [2.05, 4.69) is 10.3 Å². The van der Waals surface area contributed by atoms with Gasteiger partial charge in [-0.3, -0.25) is 0 Å². The third kappa shape index (κ3) is 2.53. The van der Waals surface area contributed by atoms with Gasteiger partial charge in [-0.05, 0) is 6.42 Å². The lowest BCUT2D eigenvalue weighted by Crippen LogP contribution is -2.23. The summed E-state index contributed by atoms with van der Waals surface area (Å²) in [4.78, 5) is 5.82. The van der Waals surface area contributed by atoms with Crippen LogP contribution in [0.25, 0.3) is 0 Å². The summed E-state index contributed by atoms with van der Waals surface area (Å²) in [7, 11) is 3.21. The van der Waals surface area contributed by atoms with Crippen molar-refractivity contribution >= 4 is 11.6 Å². The zero-order valence-corrected chi connectivity index (χ0v) is 10.5. The van der Waals surface area contributed by atoms with Gasteiger partial charge in [0.1, 0.15) is 0 Å². The Hall–Kier alpha value is -1.43. The van der Waals surface area contributed by atoms with Crippen molar-refractivity contribution in [1.29, 1.82) is 0 Å². The molecule has 1 aliphatic heterocycles. The molecule has 0 radical (unpaired) electrons. The van der Waals surface area contributed by atoms with Gasteiger partial charge in [-0.2, -0.15) is 0 Å². The molecule has 1 saturated heterocycles. The Morgan fingerprint density at radius 1 is 1.50 bits per heavy atom. The van der Waals surface area contributed by atoms with Gasteiger partial charge < -0.3 is 15.0 Å². The lowest BCUT2D eigenvalue weighted by atomic mass is 10.1. The molecule has 2 rings (SSSR count). The molecule has 0 bridgehead atoms. The highest BCUT2D eigenvalue weighted by molar-refractivity contribution is 5.49. The predicted octanol–water partition coefficient (Wildman–Crippen LogP) is 1.87. The van der Waals surface area contributed by atoms with E-state index >= 15 is 0 Å². The van der Waals surface area contributed by atoms with Crippen LogP contribution in [0.15, 0.2) is 6.07 Å². The van der Waals surface area contributed by atoms with Gasteiger partial charge in [0.25, 0.3) is 0 Å². The molecule has 18 heavy (non-hydrogen) atoms. The molecule has 100 valence electrons. The fourth-order valence-electron chi connectivity index (χ4n) is 2.25. The van der Waals surface area contributed by atoms with Crippen molar-refractivity contribution in [2.24, 2.45) is 5.92 Å². The van der Waals surface area contributed by atoms with E-state index in [1.807, 2.05) is 4.90 Å². The van der Waals surface area contributed by atoms with Crippen LogP contribution in [0.3, 0.4) is 0 Å². The van der Waals surface area contributed by atoms with Gasteiger partial charge in [-0.25, -0.2) is 13.8 Å². The van der Waals surface area contributed by atoms with Gasteiger partial charge in [0.15, 0.2) is 23.3 Å². The third-order valence-electron chi connectivity index (χ3n) is 3.14. The van der Waals surface area contributed by atoms with Crippen LogP contribution in [0.4, 0.5) is 20.4 Å². The van der Waals surface area contributed by atoms with Crippen molar-refractivity contribution in [2.45, 2.75) is 6.42 Å².